The molecular weight excluding hydrogens is 222 g/mol. The molecule has 0 heterocycles. The Balaban J connectivity index is 3.69. The molecule has 0 amide bonds. The van der Waals surface area contributed by atoms with Crippen molar-refractivity contribution in [2.45, 2.75) is 52.0 Å². The number of nitrogens with one attached hydrogen (secondary N) is 1. The van der Waals surface area contributed by atoms with Crippen LogP contribution in [0.1, 0.15) is 46.0 Å². The summed E-state index contributed by atoms with van der Waals surface area (Å²) in [6, 6.07) is -0.500. The molecule has 0 saturated heterocycles. The van der Waals surface area contributed by atoms with Crippen LogP contribution in [0.25, 0.3) is 0 Å². The summed E-state index contributed by atoms with van der Waals surface area (Å²) in [5, 5.41) is 20.5. The van der Waals surface area contributed by atoms with Gasteiger partial charge < -0.3 is 15.5 Å². The van der Waals surface area contributed by atoms with Gasteiger partial charge in [0, 0.05) is 6.42 Å². The Morgan fingerprint density at radius 1 is 1.18 bits per heavy atom. The highest BCUT2D eigenvalue weighted by Crippen LogP contribution is 2.08. The van der Waals surface area contributed by atoms with E-state index < -0.39 is 18.0 Å². The van der Waals surface area contributed by atoms with E-state index in [2.05, 4.69) is 5.32 Å². The molecule has 5 heteroatoms. The summed E-state index contributed by atoms with van der Waals surface area (Å²) < 4.78 is 0. The van der Waals surface area contributed by atoms with E-state index >= 15 is 0 Å². The molecule has 0 saturated carbocycles. The molecule has 0 rings (SSSR count). The molecule has 0 aromatic carbocycles. The smallest absolute Gasteiger partial charge is 0.320 e. The Morgan fingerprint density at radius 3 is 2.29 bits per heavy atom. The number of hydrogen-bond acceptors (Lipinski definition) is 3. The van der Waals surface area contributed by atoms with Crippen LogP contribution >= 0.6 is 0 Å². The van der Waals surface area contributed by atoms with Crippen LogP contribution in [0.3, 0.4) is 0 Å². The van der Waals surface area contributed by atoms with Crippen molar-refractivity contribution in [1.29, 1.82) is 0 Å². The summed E-state index contributed by atoms with van der Waals surface area (Å²) >= 11 is 0. The summed E-state index contributed by atoms with van der Waals surface area (Å²) in [6.07, 6.45) is 3.29. The predicted octanol–water partition coefficient (Wildman–Crippen LogP) is 1.72. The lowest BCUT2D eigenvalue weighted by Gasteiger charge is -2.20. The number of carboxylic acid groups (broad SMARTS) is 2. The van der Waals surface area contributed by atoms with Gasteiger partial charge in [0.2, 0.25) is 0 Å². The molecule has 0 radical (unpaired) electrons. The van der Waals surface area contributed by atoms with Crippen molar-refractivity contribution in [3.8, 4) is 0 Å². The van der Waals surface area contributed by atoms with Crippen molar-refractivity contribution < 1.29 is 19.8 Å². The zero-order valence-electron chi connectivity index (χ0n) is 10.6. The van der Waals surface area contributed by atoms with E-state index in [-0.39, 0.29) is 12.3 Å². The highest BCUT2D eigenvalue weighted by atomic mass is 16.4. The number of rotatable bonds is 10. The van der Waals surface area contributed by atoms with Crippen LogP contribution in [0, 0.1) is 5.92 Å². The summed E-state index contributed by atoms with van der Waals surface area (Å²) in [5.41, 5.74) is 0. The van der Waals surface area contributed by atoms with Gasteiger partial charge in [-0.1, -0.05) is 26.7 Å². The first kappa shape index (κ1) is 15.9. The molecule has 0 aliphatic rings. The van der Waals surface area contributed by atoms with Gasteiger partial charge in [0.15, 0.2) is 0 Å². The molecule has 0 bridgehead atoms. The molecule has 5 nitrogen and oxygen atoms in total. The first-order valence-corrected chi connectivity index (χ1v) is 6.17. The van der Waals surface area contributed by atoms with E-state index in [1.807, 2.05) is 13.8 Å². The lowest BCUT2D eigenvalue weighted by atomic mass is 9.99. The SMILES string of the molecule is CC[C@H](C)[C@H](NCCCCCC(=O)O)C(=O)O. The van der Waals surface area contributed by atoms with Gasteiger partial charge >= 0.3 is 11.9 Å². The highest BCUT2D eigenvalue weighted by molar-refractivity contribution is 5.73. The molecule has 17 heavy (non-hydrogen) atoms. The third kappa shape index (κ3) is 7.74. The molecule has 0 fully saturated rings. The average molecular weight is 245 g/mol. The Morgan fingerprint density at radius 2 is 1.82 bits per heavy atom. The van der Waals surface area contributed by atoms with Gasteiger partial charge in [-0.25, -0.2) is 0 Å². The Labute approximate surface area is 102 Å². The number of unbranched alkanes of at least 4 members (excludes halogenated alkanes) is 2. The van der Waals surface area contributed by atoms with E-state index in [4.69, 9.17) is 10.2 Å². The van der Waals surface area contributed by atoms with E-state index in [9.17, 15) is 9.59 Å². The second-order valence-electron chi connectivity index (χ2n) is 4.36. The van der Waals surface area contributed by atoms with Gasteiger partial charge in [0.05, 0.1) is 0 Å². The largest absolute Gasteiger partial charge is 0.481 e. The van der Waals surface area contributed by atoms with Crippen molar-refractivity contribution in [3.05, 3.63) is 0 Å². The second-order valence-corrected chi connectivity index (χ2v) is 4.36. The minimum atomic E-state index is -0.815. The van der Waals surface area contributed by atoms with Crippen molar-refractivity contribution in [2.24, 2.45) is 5.92 Å². The molecule has 2 atom stereocenters. The molecule has 0 aliphatic carbocycles. The van der Waals surface area contributed by atoms with Crippen LogP contribution in [0.15, 0.2) is 0 Å². The highest BCUT2D eigenvalue weighted by Gasteiger charge is 2.21. The van der Waals surface area contributed by atoms with Gasteiger partial charge in [0.1, 0.15) is 6.04 Å². The van der Waals surface area contributed by atoms with Crippen molar-refractivity contribution >= 4 is 11.9 Å². The summed E-state index contributed by atoms with van der Waals surface area (Å²) in [6.45, 7) is 4.51. The molecule has 0 aromatic rings. The van der Waals surface area contributed by atoms with Crippen LogP contribution in [-0.4, -0.2) is 34.7 Å². The number of aliphatic carboxylic acids is 2. The summed E-state index contributed by atoms with van der Waals surface area (Å²) in [5.74, 6) is -1.49. The van der Waals surface area contributed by atoms with E-state index in [0.29, 0.717) is 13.0 Å². The quantitative estimate of drug-likeness (QED) is 0.510. The fourth-order valence-electron chi connectivity index (χ4n) is 1.60. The summed E-state index contributed by atoms with van der Waals surface area (Å²) in [4.78, 5) is 21.2. The molecule has 0 aliphatic heterocycles. The Kier molecular flexibility index (Phi) is 8.40. The maximum absolute atomic E-state index is 11.0. The fraction of sp³-hybridized carbons (Fsp3) is 0.833. The molecule has 0 aromatic heterocycles. The van der Waals surface area contributed by atoms with Crippen LogP contribution in [0.2, 0.25) is 0 Å². The first-order valence-electron chi connectivity index (χ1n) is 6.17. The van der Waals surface area contributed by atoms with Gasteiger partial charge in [-0.15, -0.1) is 0 Å². The van der Waals surface area contributed by atoms with Gasteiger partial charge in [-0.2, -0.15) is 0 Å². The van der Waals surface area contributed by atoms with Gasteiger partial charge in [-0.05, 0) is 25.3 Å². The second kappa shape index (κ2) is 8.98. The Bertz CT molecular complexity index is 243. The molecular formula is C12H23NO4. The molecule has 3 N–H and O–H groups in total. The fourth-order valence-corrected chi connectivity index (χ4v) is 1.60. The normalized spacial score (nSPS) is 14.2. The lowest BCUT2D eigenvalue weighted by Crippen LogP contribution is -2.42. The zero-order chi connectivity index (χ0) is 13.3. The van der Waals surface area contributed by atoms with Crippen LogP contribution in [-0.2, 0) is 9.59 Å². The topological polar surface area (TPSA) is 86.6 Å². The van der Waals surface area contributed by atoms with Crippen LogP contribution < -0.4 is 5.32 Å². The standard InChI is InChI=1S/C12H23NO4/c1-3-9(2)11(12(16)17)13-8-6-4-5-7-10(14)15/h9,11,13H,3-8H2,1-2H3,(H,14,15)(H,16,17)/t9-,11-/m0/s1. The number of hydrogen-bond donors (Lipinski definition) is 3. The predicted molar refractivity (Wildman–Crippen MR) is 65.0 cm³/mol. The molecule has 0 spiro atoms. The van der Waals surface area contributed by atoms with E-state index in [0.717, 1.165) is 19.3 Å². The zero-order valence-corrected chi connectivity index (χ0v) is 10.6. The lowest BCUT2D eigenvalue weighted by molar-refractivity contribution is -0.141. The van der Waals surface area contributed by atoms with Crippen molar-refractivity contribution in [1.82, 2.24) is 5.32 Å². The van der Waals surface area contributed by atoms with E-state index in [1.54, 1.807) is 0 Å². The van der Waals surface area contributed by atoms with Crippen molar-refractivity contribution in [2.75, 3.05) is 6.54 Å². The molecule has 100 valence electrons. The maximum Gasteiger partial charge on any atom is 0.320 e. The molecule has 0 unspecified atom stereocenters. The first-order chi connectivity index (χ1) is 7.99. The minimum Gasteiger partial charge on any atom is -0.481 e. The number of carbonyl (C=O) groups is 2. The third-order valence-corrected chi connectivity index (χ3v) is 2.91. The van der Waals surface area contributed by atoms with Gasteiger partial charge in [0.25, 0.3) is 0 Å². The van der Waals surface area contributed by atoms with Crippen molar-refractivity contribution in [3.63, 3.8) is 0 Å². The van der Waals surface area contributed by atoms with Crippen LogP contribution in [0.4, 0.5) is 0 Å². The third-order valence-electron chi connectivity index (χ3n) is 2.91. The summed E-state index contributed by atoms with van der Waals surface area (Å²) in [7, 11) is 0. The van der Waals surface area contributed by atoms with E-state index in [1.165, 1.54) is 0 Å². The number of carboxylic acids is 2. The minimum absolute atomic E-state index is 0.103. The van der Waals surface area contributed by atoms with Gasteiger partial charge in [-0.3, -0.25) is 9.59 Å². The average Bonchev–Trinajstić information content (AvgIpc) is 2.26. The monoisotopic (exact) mass is 245 g/mol. The Hall–Kier alpha value is -1.10. The van der Waals surface area contributed by atoms with Crippen LogP contribution in [0.5, 0.6) is 0 Å². The maximum atomic E-state index is 11.0.